The lowest BCUT2D eigenvalue weighted by Crippen LogP contribution is -2.29. The smallest absolute Gasteiger partial charge is 0.265 e. The first kappa shape index (κ1) is 49.0. The Morgan fingerprint density at radius 2 is 1.08 bits per heavy atom. The van der Waals surface area contributed by atoms with Gasteiger partial charge in [-0.15, -0.1) is 22.7 Å². The fourth-order valence-corrected chi connectivity index (χ4v) is 8.87. The fourth-order valence-electron chi connectivity index (χ4n) is 7.00. The van der Waals surface area contributed by atoms with Crippen LogP contribution in [0.3, 0.4) is 0 Å². The average molecular weight is 1030 g/mol. The molecule has 0 fully saturated rings. The predicted octanol–water partition coefficient (Wildman–Crippen LogP) is 9.71. The van der Waals surface area contributed by atoms with Crippen molar-refractivity contribution in [2.75, 3.05) is 22.1 Å². The lowest BCUT2D eigenvalue weighted by molar-refractivity contribution is 0.0641. The lowest BCUT2D eigenvalue weighted by Gasteiger charge is -2.15. The van der Waals surface area contributed by atoms with Gasteiger partial charge in [-0.1, -0.05) is 59.6 Å². The van der Waals surface area contributed by atoms with E-state index in [4.69, 9.17) is 49.2 Å². The zero-order chi connectivity index (χ0) is 50.2. The minimum absolute atomic E-state index is 0.00428. The van der Waals surface area contributed by atoms with Crippen LogP contribution in [0, 0.1) is 0 Å². The Balaban J connectivity index is 0.000000158. The normalized spacial score (nSPS) is 12.1. The molecule has 2 aliphatic rings. The standard InChI is InChI=1S/C25H17ClN4O4S.C13H7ClN2O3S.C12H12N2O2/c26-20-8-7-19(35-20)23(31)29-18-6-2-5-17-22(18)25(33)30(24(17)32)13-14-3-1-4-15(11-14)34-16-9-10-28-21(27)12-16;14-9-5-4-8(20-9)12(18)15-7-3-1-2-6-10(7)13(19)16-11(6)17;13-12-7-11(4-5-14-12)16-10-3-1-2-9(6-10)8-15/h1-12H,13H2,(H2,27,28)(H,29,31);1-5H,(H,15,18)(H,16,17,19);1-7,15H,8H2,(H2,13,14). The number of imide groups is 2. The highest BCUT2D eigenvalue weighted by molar-refractivity contribution is 7.18. The zero-order valence-electron chi connectivity index (χ0n) is 36.6. The second-order valence-electron chi connectivity index (χ2n) is 15.0. The Labute approximate surface area is 421 Å². The number of nitrogens with one attached hydrogen (secondary N) is 3. The van der Waals surface area contributed by atoms with E-state index in [0.29, 0.717) is 64.3 Å². The molecule has 356 valence electrons. The largest absolute Gasteiger partial charge is 0.457 e. The molecule has 0 saturated heterocycles. The molecule has 0 aliphatic carbocycles. The van der Waals surface area contributed by atoms with Gasteiger partial charge in [-0.25, -0.2) is 9.97 Å². The van der Waals surface area contributed by atoms with Gasteiger partial charge in [0.2, 0.25) is 0 Å². The van der Waals surface area contributed by atoms with Crippen molar-refractivity contribution in [2.45, 2.75) is 13.2 Å². The minimum Gasteiger partial charge on any atom is -0.457 e. The van der Waals surface area contributed by atoms with E-state index >= 15 is 0 Å². The highest BCUT2D eigenvalue weighted by atomic mass is 35.5. The monoisotopic (exact) mass is 1030 g/mol. The van der Waals surface area contributed by atoms with Crippen molar-refractivity contribution in [1.82, 2.24) is 20.2 Å². The second-order valence-corrected chi connectivity index (χ2v) is 18.5. The number of aliphatic hydroxyl groups excluding tert-OH is 1. The molecule has 10 rings (SSSR count). The summed E-state index contributed by atoms with van der Waals surface area (Å²) in [5.41, 5.74) is 14.1. The summed E-state index contributed by atoms with van der Waals surface area (Å²) >= 11 is 14.0. The van der Waals surface area contributed by atoms with Crippen LogP contribution in [0.5, 0.6) is 23.0 Å². The number of rotatable bonds is 11. The number of hydrogen-bond acceptors (Lipinski definition) is 15. The van der Waals surface area contributed by atoms with Gasteiger partial charge in [0.1, 0.15) is 34.6 Å². The number of nitrogens with zero attached hydrogens (tertiary/aromatic N) is 3. The van der Waals surface area contributed by atoms with Crippen molar-refractivity contribution < 1.29 is 43.3 Å². The zero-order valence-corrected chi connectivity index (χ0v) is 39.7. The van der Waals surface area contributed by atoms with Crippen LogP contribution in [0.2, 0.25) is 8.67 Å². The first-order valence-corrected chi connectivity index (χ1v) is 23.3. The highest BCUT2D eigenvalue weighted by Gasteiger charge is 2.38. The quantitative estimate of drug-likeness (QED) is 0.0660. The molecule has 8 aromatic rings. The van der Waals surface area contributed by atoms with Gasteiger partial charge in [0.05, 0.1) is 65.2 Å². The molecular formula is C50H36Cl2N8O9S2. The molecule has 17 nitrogen and oxygen atoms in total. The maximum absolute atomic E-state index is 13.3. The third-order valence-corrected chi connectivity index (χ3v) is 12.6. The van der Waals surface area contributed by atoms with Crippen LogP contribution < -0.4 is 36.9 Å². The molecular weight excluding hydrogens is 992 g/mol. The summed E-state index contributed by atoms with van der Waals surface area (Å²) < 4.78 is 12.4. The van der Waals surface area contributed by atoms with Gasteiger partial charge < -0.3 is 36.7 Å². The third-order valence-electron chi connectivity index (χ3n) is 10.1. The number of fused-ring (bicyclic) bond motifs is 2. The van der Waals surface area contributed by atoms with Crippen molar-refractivity contribution >= 4 is 104 Å². The Hall–Kier alpha value is -8.46. The van der Waals surface area contributed by atoms with Crippen LogP contribution in [0.25, 0.3) is 0 Å². The van der Waals surface area contributed by atoms with Gasteiger partial charge >= 0.3 is 0 Å². The molecule has 4 aromatic heterocycles. The number of carbonyl (C=O) groups excluding carboxylic acids is 6. The van der Waals surface area contributed by atoms with Crippen LogP contribution in [-0.4, -0.2) is 55.4 Å². The van der Waals surface area contributed by atoms with E-state index < -0.39 is 29.5 Å². The predicted molar refractivity (Wildman–Crippen MR) is 270 cm³/mol. The fraction of sp³-hybridized carbons (Fsp3) is 0.0400. The third kappa shape index (κ3) is 11.9. The number of anilines is 4. The summed E-state index contributed by atoms with van der Waals surface area (Å²) in [7, 11) is 0. The van der Waals surface area contributed by atoms with E-state index in [1.54, 1.807) is 115 Å². The molecule has 0 atom stereocenters. The SMILES string of the molecule is Nc1cc(Oc2cccc(CN3C(=O)c4cccc(NC(=O)c5ccc(Cl)s5)c4C3=O)c2)ccn1.Nc1cc(Oc2cccc(CO)c2)ccn1.O=C(Nc1cccc2c1C(=O)NC2=O)c1ccc(Cl)s1. The number of hydrogen-bond donors (Lipinski definition) is 6. The summed E-state index contributed by atoms with van der Waals surface area (Å²) in [4.78, 5) is 84.0. The topological polar surface area (TPSA) is 258 Å². The minimum atomic E-state index is -0.509. The van der Waals surface area contributed by atoms with Gasteiger partial charge in [0, 0.05) is 24.5 Å². The summed E-state index contributed by atoms with van der Waals surface area (Å²) in [6.45, 7) is 0.0334. The van der Waals surface area contributed by atoms with E-state index in [0.717, 1.165) is 33.1 Å². The van der Waals surface area contributed by atoms with Crippen molar-refractivity contribution in [1.29, 1.82) is 0 Å². The first-order valence-electron chi connectivity index (χ1n) is 20.9. The van der Waals surface area contributed by atoms with Crippen LogP contribution in [0.1, 0.15) is 71.9 Å². The summed E-state index contributed by atoms with van der Waals surface area (Å²) in [6, 6.07) is 36.9. The number of halogens is 2. The van der Waals surface area contributed by atoms with Gasteiger partial charge in [-0.2, -0.15) is 0 Å². The number of nitrogens with two attached hydrogens (primary N) is 2. The van der Waals surface area contributed by atoms with Gasteiger partial charge in [0.15, 0.2) is 0 Å². The maximum atomic E-state index is 13.3. The number of benzene rings is 4. The molecule has 0 radical (unpaired) electrons. The molecule has 4 aromatic carbocycles. The van der Waals surface area contributed by atoms with Crippen LogP contribution in [-0.2, 0) is 13.2 Å². The number of aromatic nitrogens is 2. The molecule has 0 spiro atoms. The van der Waals surface area contributed by atoms with Crippen molar-refractivity contribution in [2.24, 2.45) is 0 Å². The molecule has 71 heavy (non-hydrogen) atoms. The summed E-state index contributed by atoms with van der Waals surface area (Å²) in [5.74, 6) is 0.399. The Bertz CT molecular complexity index is 3380. The van der Waals surface area contributed by atoms with E-state index in [2.05, 4.69) is 25.9 Å². The number of thiophene rings is 2. The number of nitrogen functional groups attached to an aromatic ring is 2. The number of ether oxygens (including phenoxy) is 2. The maximum Gasteiger partial charge on any atom is 0.265 e. The van der Waals surface area contributed by atoms with Crippen LogP contribution in [0.4, 0.5) is 23.0 Å². The molecule has 8 N–H and O–H groups in total. The van der Waals surface area contributed by atoms with Crippen LogP contribution >= 0.6 is 45.9 Å². The number of amides is 6. The Morgan fingerprint density at radius 3 is 1.61 bits per heavy atom. The van der Waals surface area contributed by atoms with E-state index in [1.165, 1.54) is 12.3 Å². The number of pyridine rings is 2. The molecule has 6 amide bonds. The first-order chi connectivity index (χ1) is 34.2. The van der Waals surface area contributed by atoms with Gasteiger partial charge in [-0.3, -0.25) is 39.0 Å². The molecule has 0 unspecified atom stereocenters. The molecule has 2 aliphatic heterocycles. The molecule has 21 heteroatoms. The second kappa shape index (κ2) is 21.9. The van der Waals surface area contributed by atoms with Gasteiger partial charge in [0.25, 0.3) is 35.4 Å². The number of aliphatic hydroxyl groups is 1. The molecule has 0 bridgehead atoms. The van der Waals surface area contributed by atoms with Crippen molar-refractivity contribution in [3.63, 3.8) is 0 Å². The average Bonchev–Trinajstić information content (AvgIpc) is 4.13. The van der Waals surface area contributed by atoms with Crippen LogP contribution in [0.15, 0.2) is 146 Å². The molecule has 6 heterocycles. The lowest BCUT2D eigenvalue weighted by atomic mass is 10.1. The Kier molecular flexibility index (Phi) is 15.1. The number of carbonyl (C=O) groups is 6. The van der Waals surface area contributed by atoms with E-state index in [1.807, 2.05) is 18.2 Å². The summed E-state index contributed by atoms with van der Waals surface area (Å²) in [6.07, 6.45) is 3.12. The highest BCUT2D eigenvalue weighted by Crippen LogP contribution is 2.33. The summed E-state index contributed by atoms with van der Waals surface area (Å²) in [5, 5.41) is 16.5. The van der Waals surface area contributed by atoms with E-state index in [9.17, 15) is 28.8 Å². The van der Waals surface area contributed by atoms with Crippen molar-refractivity contribution in [3.8, 4) is 23.0 Å². The van der Waals surface area contributed by atoms with Gasteiger partial charge in [-0.05, 0) is 96.1 Å². The van der Waals surface area contributed by atoms with E-state index in [-0.39, 0.29) is 47.0 Å². The Morgan fingerprint density at radius 1 is 0.592 bits per heavy atom. The van der Waals surface area contributed by atoms with Crippen molar-refractivity contribution in [3.05, 3.63) is 198 Å². The molecule has 0 saturated carbocycles.